The van der Waals surface area contributed by atoms with Crippen molar-refractivity contribution in [3.8, 4) is 5.75 Å². The predicted octanol–water partition coefficient (Wildman–Crippen LogP) is 2.09. The van der Waals surface area contributed by atoms with Crippen LogP contribution in [0.4, 0.5) is 5.69 Å². The van der Waals surface area contributed by atoms with Crippen LogP contribution in [0.3, 0.4) is 0 Å². The number of hydrogen-bond donors (Lipinski definition) is 1. The van der Waals surface area contributed by atoms with E-state index in [0.717, 1.165) is 0 Å². The first-order valence-electron chi connectivity index (χ1n) is 5.15. The molecule has 1 rings (SSSR count). The summed E-state index contributed by atoms with van der Waals surface area (Å²) in [5.74, 6) is 0.269. The van der Waals surface area contributed by atoms with Gasteiger partial charge in [0.15, 0.2) is 5.75 Å². The third-order valence-electron chi connectivity index (χ3n) is 2.02. The molecule has 0 saturated heterocycles. The molecule has 0 aliphatic rings. The maximum atomic E-state index is 11.7. The number of nitrogen functional groups attached to an aromatic ring is 1. The van der Waals surface area contributed by atoms with Crippen LogP contribution in [0.2, 0.25) is 0 Å². The molecule has 0 atom stereocenters. The smallest absolute Gasteiger partial charge is 0.342 e. The van der Waals surface area contributed by atoms with E-state index in [2.05, 4.69) is 0 Å². The van der Waals surface area contributed by atoms with E-state index in [1.807, 2.05) is 13.8 Å². The molecule has 16 heavy (non-hydrogen) atoms. The van der Waals surface area contributed by atoms with Crippen LogP contribution in [0, 0.1) is 5.92 Å². The van der Waals surface area contributed by atoms with Crippen LogP contribution in [0.15, 0.2) is 18.2 Å². The lowest BCUT2D eigenvalue weighted by Crippen LogP contribution is -2.12. The number of esters is 1. The van der Waals surface area contributed by atoms with E-state index in [1.54, 1.807) is 18.2 Å². The summed E-state index contributed by atoms with van der Waals surface area (Å²) >= 11 is 0. The quantitative estimate of drug-likeness (QED) is 0.627. The van der Waals surface area contributed by atoms with Crippen molar-refractivity contribution in [3.63, 3.8) is 0 Å². The highest BCUT2D eigenvalue weighted by molar-refractivity contribution is 5.94. The van der Waals surface area contributed by atoms with Crippen LogP contribution in [0.5, 0.6) is 5.75 Å². The summed E-state index contributed by atoms with van der Waals surface area (Å²) in [6.07, 6.45) is 0. The Balaban J connectivity index is 2.86. The normalized spacial score (nSPS) is 10.2. The molecule has 1 aromatic carbocycles. The van der Waals surface area contributed by atoms with Crippen LogP contribution in [-0.4, -0.2) is 19.7 Å². The van der Waals surface area contributed by atoms with Crippen molar-refractivity contribution in [2.75, 3.05) is 19.5 Å². The summed E-state index contributed by atoms with van der Waals surface area (Å²) in [5, 5.41) is 0. The Kier molecular flexibility index (Phi) is 4.17. The first kappa shape index (κ1) is 12.4. The van der Waals surface area contributed by atoms with Gasteiger partial charge in [-0.05, 0) is 18.1 Å². The number of anilines is 1. The molecule has 1 aromatic rings. The third kappa shape index (κ3) is 2.89. The summed E-state index contributed by atoms with van der Waals surface area (Å²) in [4.78, 5) is 11.7. The van der Waals surface area contributed by atoms with Gasteiger partial charge in [-0.3, -0.25) is 0 Å². The van der Waals surface area contributed by atoms with Crippen molar-refractivity contribution in [2.24, 2.45) is 5.92 Å². The summed E-state index contributed by atoms with van der Waals surface area (Å²) in [6, 6.07) is 5.01. The topological polar surface area (TPSA) is 61.5 Å². The molecular formula is C12H17NO3. The van der Waals surface area contributed by atoms with Gasteiger partial charge in [-0.2, -0.15) is 0 Å². The highest BCUT2D eigenvalue weighted by atomic mass is 16.5. The standard InChI is InChI=1S/C12H17NO3/c1-8(2)7-16-12(14)9-5-4-6-10(13)11(9)15-3/h4-6,8H,7,13H2,1-3H3. The molecule has 2 N–H and O–H groups in total. The molecule has 88 valence electrons. The summed E-state index contributed by atoms with van der Waals surface area (Å²) < 4.78 is 10.2. The number of hydrogen-bond acceptors (Lipinski definition) is 4. The van der Waals surface area contributed by atoms with Crippen LogP contribution >= 0.6 is 0 Å². The van der Waals surface area contributed by atoms with Crippen LogP contribution < -0.4 is 10.5 Å². The molecule has 0 heterocycles. The van der Waals surface area contributed by atoms with E-state index in [1.165, 1.54) is 7.11 Å². The van der Waals surface area contributed by atoms with E-state index >= 15 is 0 Å². The maximum Gasteiger partial charge on any atom is 0.342 e. The van der Waals surface area contributed by atoms with Gasteiger partial charge in [0.2, 0.25) is 0 Å². The molecule has 0 spiro atoms. The SMILES string of the molecule is COc1c(N)cccc1C(=O)OCC(C)C. The van der Waals surface area contributed by atoms with Gasteiger partial charge in [-0.25, -0.2) is 4.79 Å². The van der Waals surface area contributed by atoms with Crippen molar-refractivity contribution >= 4 is 11.7 Å². The molecule has 0 fully saturated rings. The zero-order chi connectivity index (χ0) is 12.1. The minimum absolute atomic E-state index is 0.302. The number of rotatable bonds is 4. The van der Waals surface area contributed by atoms with Crippen molar-refractivity contribution in [1.82, 2.24) is 0 Å². The first-order valence-corrected chi connectivity index (χ1v) is 5.15. The molecule has 0 aliphatic carbocycles. The van der Waals surface area contributed by atoms with E-state index in [4.69, 9.17) is 15.2 Å². The Morgan fingerprint density at radius 3 is 2.69 bits per heavy atom. The second-order valence-electron chi connectivity index (χ2n) is 3.92. The predicted molar refractivity (Wildman–Crippen MR) is 62.5 cm³/mol. The van der Waals surface area contributed by atoms with Crippen molar-refractivity contribution < 1.29 is 14.3 Å². The fraction of sp³-hybridized carbons (Fsp3) is 0.417. The van der Waals surface area contributed by atoms with Gasteiger partial charge in [0.05, 0.1) is 19.4 Å². The molecule has 0 radical (unpaired) electrons. The maximum absolute atomic E-state index is 11.7. The molecular weight excluding hydrogens is 206 g/mol. The Morgan fingerprint density at radius 1 is 1.44 bits per heavy atom. The zero-order valence-electron chi connectivity index (χ0n) is 9.82. The van der Waals surface area contributed by atoms with E-state index in [0.29, 0.717) is 29.5 Å². The van der Waals surface area contributed by atoms with Crippen molar-refractivity contribution in [2.45, 2.75) is 13.8 Å². The van der Waals surface area contributed by atoms with Gasteiger partial charge >= 0.3 is 5.97 Å². The number of carbonyl (C=O) groups excluding carboxylic acids is 1. The lowest BCUT2D eigenvalue weighted by molar-refractivity contribution is 0.0455. The van der Waals surface area contributed by atoms with Gasteiger partial charge < -0.3 is 15.2 Å². The number of carbonyl (C=O) groups is 1. The largest absolute Gasteiger partial charge is 0.494 e. The highest BCUT2D eigenvalue weighted by Crippen LogP contribution is 2.26. The van der Waals surface area contributed by atoms with E-state index in [-0.39, 0.29) is 0 Å². The Morgan fingerprint density at radius 2 is 2.12 bits per heavy atom. The molecule has 0 bridgehead atoms. The van der Waals surface area contributed by atoms with Crippen molar-refractivity contribution in [1.29, 1.82) is 0 Å². The first-order chi connectivity index (χ1) is 7.56. The minimum Gasteiger partial charge on any atom is -0.494 e. The monoisotopic (exact) mass is 223 g/mol. The molecule has 4 heteroatoms. The fourth-order valence-electron chi connectivity index (χ4n) is 1.26. The van der Waals surface area contributed by atoms with E-state index < -0.39 is 5.97 Å². The number of ether oxygens (including phenoxy) is 2. The van der Waals surface area contributed by atoms with Gasteiger partial charge in [-0.15, -0.1) is 0 Å². The number of para-hydroxylation sites is 1. The summed E-state index contributed by atoms with van der Waals surface area (Å²) in [7, 11) is 1.48. The third-order valence-corrected chi connectivity index (χ3v) is 2.02. The van der Waals surface area contributed by atoms with Crippen LogP contribution in [0.1, 0.15) is 24.2 Å². The van der Waals surface area contributed by atoms with Crippen LogP contribution in [0.25, 0.3) is 0 Å². The van der Waals surface area contributed by atoms with Gasteiger partial charge in [0.1, 0.15) is 5.56 Å². The molecule has 0 amide bonds. The molecule has 0 aromatic heterocycles. The van der Waals surface area contributed by atoms with Gasteiger partial charge in [0.25, 0.3) is 0 Å². The second kappa shape index (κ2) is 5.39. The van der Waals surface area contributed by atoms with Gasteiger partial charge in [-0.1, -0.05) is 19.9 Å². The lowest BCUT2D eigenvalue weighted by atomic mass is 10.1. The average Bonchev–Trinajstić information content (AvgIpc) is 2.25. The molecule has 0 saturated carbocycles. The molecule has 4 nitrogen and oxygen atoms in total. The van der Waals surface area contributed by atoms with E-state index in [9.17, 15) is 4.79 Å². The lowest BCUT2D eigenvalue weighted by Gasteiger charge is -2.11. The number of methoxy groups -OCH3 is 1. The number of benzene rings is 1. The summed E-state index contributed by atoms with van der Waals surface area (Å²) in [6.45, 7) is 4.34. The highest BCUT2D eigenvalue weighted by Gasteiger charge is 2.15. The zero-order valence-corrected chi connectivity index (χ0v) is 9.82. The Hall–Kier alpha value is -1.71. The molecule has 0 unspecified atom stereocenters. The Labute approximate surface area is 95.3 Å². The molecule has 0 aliphatic heterocycles. The Bertz CT molecular complexity index is 375. The van der Waals surface area contributed by atoms with Crippen LogP contribution in [-0.2, 0) is 4.74 Å². The minimum atomic E-state index is -0.405. The second-order valence-corrected chi connectivity index (χ2v) is 3.92. The fourth-order valence-corrected chi connectivity index (χ4v) is 1.26. The van der Waals surface area contributed by atoms with Gasteiger partial charge in [0, 0.05) is 0 Å². The van der Waals surface area contributed by atoms with Crippen molar-refractivity contribution in [3.05, 3.63) is 23.8 Å². The number of nitrogens with two attached hydrogens (primary N) is 1. The summed E-state index contributed by atoms with van der Waals surface area (Å²) in [5.41, 5.74) is 6.49. The average molecular weight is 223 g/mol.